The third-order valence-corrected chi connectivity index (χ3v) is 2.60. The second-order valence-corrected chi connectivity index (χ2v) is 4.46. The van der Waals surface area contributed by atoms with Crippen molar-refractivity contribution >= 4 is 5.78 Å². The summed E-state index contributed by atoms with van der Waals surface area (Å²) in [5.74, 6) is 0.241. The van der Waals surface area contributed by atoms with Gasteiger partial charge in [-0.15, -0.1) is 0 Å². The first kappa shape index (κ1) is 11.0. The molecule has 1 rings (SSSR count). The lowest BCUT2D eigenvalue weighted by Gasteiger charge is -2.31. The molecule has 0 atom stereocenters. The molecule has 0 spiro atoms. The first-order chi connectivity index (χ1) is 6.47. The summed E-state index contributed by atoms with van der Waals surface area (Å²) in [6.45, 7) is 8.25. The molecule has 0 aliphatic heterocycles. The molecule has 1 aliphatic carbocycles. The minimum absolute atomic E-state index is 0.0184. The Labute approximate surface area is 86.2 Å². The zero-order valence-corrected chi connectivity index (χ0v) is 9.42. The smallest absolute Gasteiger partial charge is 0.156 e. The summed E-state index contributed by atoms with van der Waals surface area (Å²) in [6, 6.07) is 0. The predicted molar refractivity (Wildman–Crippen MR) is 60.1 cm³/mol. The highest BCUT2D eigenvalue weighted by molar-refractivity contribution is 5.93. The highest BCUT2D eigenvalue weighted by Gasteiger charge is 2.30. The quantitative estimate of drug-likeness (QED) is 0.619. The van der Waals surface area contributed by atoms with E-state index >= 15 is 0 Å². The van der Waals surface area contributed by atoms with E-state index in [2.05, 4.69) is 19.9 Å². The van der Waals surface area contributed by atoms with Crippen LogP contribution < -0.4 is 0 Å². The molecule has 0 unspecified atom stereocenters. The van der Waals surface area contributed by atoms with Gasteiger partial charge >= 0.3 is 0 Å². The van der Waals surface area contributed by atoms with Gasteiger partial charge in [-0.2, -0.15) is 0 Å². The molecule has 0 fully saturated rings. The van der Waals surface area contributed by atoms with Crippen LogP contribution in [0.4, 0.5) is 0 Å². The molecule has 0 bridgehead atoms. The van der Waals surface area contributed by atoms with Crippen molar-refractivity contribution in [3.8, 4) is 0 Å². The molecule has 14 heavy (non-hydrogen) atoms. The SMILES string of the molecule is C/C=C\C=C1/C(C)=CC(=O)CC1(C)C. The summed E-state index contributed by atoms with van der Waals surface area (Å²) in [4.78, 5) is 11.4. The predicted octanol–water partition coefficient (Wildman–Crippen LogP) is 3.43. The van der Waals surface area contributed by atoms with E-state index in [1.165, 1.54) is 5.57 Å². The van der Waals surface area contributed by atoms with Crippen LogP contribution in [-0.4, -0.2) is 5.78 Å². The maximum atomic E-state index is 11.4. The normalized spacial score (nSPS) is 24.4. The van der Waals surface area contributed by atoms with Crippen LogP contribution in [0.1, 0.15) is 34.1 Å². The minimum Gasteiger partial charge on any atom is -0.295 e. The summed E-state index contributed by atoms with van der Waals surface area (Å²) in [5, 5.41) is 0. The Kier molecular flexibility index (Phi) is 3.10. The number of allylic oxidation sites excluding steroid dienone is 6. The fraction of sp³-hybridized carbons (Fsp3) is 0.462. The Bertz CT molecular complexity index is 327. The summed E-state index contributed by atoms with van der Waals surface area (Å²) >= 11 is 0. The number of hydrogen-bond acceptors (Lipinski definition) is 1. The van der Waals surface area contributed by atoms with Gasteiger partial charge in [0.2, 0.25) is 0 Å². The van der Waals surface area contributed by atoms with Gasteiger partial charge in [-0.05, 0) is 36.5 Å². The monoisotopic (exact) mass is 190 g/mol. The Morgan fingerprint density at radius 2 is 2.07 bits per heavy atom. The molecular formula is C13H18O. The van der Waals surface area contributed by atoms with E-state index in [4.69, 9.17) is 0 Å². The van der Waals surface area contributed by atoms with E-state index in [1.807, 2.05) is 26.0 Å². The minimum atomic E-state index is -0.0184. The van der Waals surface area contributed by atoms with Crippen LogP contribution >= 0.6 is 0 Å². The van der Waals surface area contributed by atoms with Crippen LogP contribution in [0.15, 0.2) is 35.5 Å². The van der Waals surface area contributed by atoms with Crippen molar-refractivity contribution in [1.82, 2.24) is 0 Å². The molecular weight excluding hydrogens is 172 g/mol. The lowest BCUT2D eigenvalue weighted by Crippen LogP contribution is -2.24. The summed E-state index contributed by atoms with van der Waals surface area (Å²) in [5.41, 5.74) is 2.36. The van der Waals surface area contributed by atoms with Crippen molar-refractivity contribution in [2.75, 3.05) is 0 Å². The number of ketones is 1. The molecule has 1 aliphatic rings. The van der Waals surface area contributed by atoms with Crippen LogP contribution in [0, 0.1) is 5.41 Å². The van der Waals surface area contributed by atoms with E-state index in [9.17, 15) is 4.79 Å². The van der Waals surface area contributed by atoms with Gasteiger partial charge in [-0.25, -0.2) is 0 Å². The second kappa shape index (κ2) is 3.95. The second-order valence-electron chi connectivity index (χ2n) is 4.46. The molecule has 0 radical (unpaired) electrons. The standard InChI is InChI=1S/C13H18O/c1-5-6-7-12-10(2)8-11(14)9-13(12,3)4/h5-8H,9H2,1-4H3/b6-5-,12-7+. The first-order valence-electron chi connectivity index (χ1n) is 5.02. The topological polar surface area (TPSA) is 17.1 Å². The largest absolute Gasteiger partial charge is 0.295 e. The maximum absolute atomic E-state index is 11.4. The van der Waals surface area contributed by atoms with Crippen LogP contribution in [0.25, 0.3) is 0 Å². The third kappa shape index (κ3) is 2.22. The Morgan fingerprint density at radius 3 is 2.57 bits per heavy atom. The van der Waals surface area contributed by atoms with E-state index in [-0.39, 0.29) is 11.2 Å². The molecule has 0 amide bonds. The van der Waals surface area contributed by atoms with Gasteiger partial charge < -0.3 is 0 Å². The molecule has 0 N–H and O–H groups in total. The highest BCUT2D eigenvalue weighted by Crippen LogP contribution is 2.38. The van der Waals surface area contributed by atoms with E-state index in [0.717, 1.165) is 5.57 Å². The van der Waals surface area contributed by atoms with Crippen molar-refractivity contribution in [3.63, 3.8) is 0 Å². The van der Waals surface area contributed by atoms with Crippen molar-refractivity contribution in [3.05, 3.63) is 35.5 Å². The molecule has 0 saturated heterocycles. The fourth-order valence-corrected chi connectivity index (χ4v) is 1.98. The first-order valence-corrected chi connectivity index (χ1v) is 5.02. The summed E-state index contributed by atoms with van der Waals surface area (Å²) in [7, 11) is 0. The molecule has 1 heteroatoms. The van der Waals surface area contributed by atoms with Gasteiger partial charge in [0.1, 0.15) is 0 Å². The molecule has 76 valence electrons. The number of rotatable bonds is 1. The van der Waals surface area contributed by atoms with Gasteiger partial charge in [0.25, 0.3) is 0 Å². The maximum Gasteiger partial charge on any atom is 0.156 e. The Hall–Kier alpha value is -1.11. The van der Waals surface area contributed by atoms with Crippen molar-refractivity contribution < 1.29 is 4.79 Å². The van der Waals surface area contributed by atoms with E-state index in [0.29, 0.717) is 6.42 Å². The van der Waals surface area contributed by atoms with Gasteiger partial charge in [-0.1, -0.05) is 32.1 Å². The van der Waals surface area contributed by atoms with E-state index < -0.39 is 0 Å². The average Bonchev–Trinajstić information content (AvgIpc) is 2.00. The van der Waals surface area contributed by atoms with Gasteiger partial charge in [0, 0.05) is 6.42 Å². The lowest BCUT2D eigenvalue weighted by molar-refractivity contribution is -0.116. The average molecular weight is 190 g/mol. The Morgan fingerprint density at radius 1 is 1.43 bits per heavy atom. The van der Waals surface area contributed by atoms with Crippen LogP contribution in [-0.2, 0) is 4.79 Å². The Balaban J connectivity index is 3.13. The molecule has 0 saturated carbocycles. The molecule has 1 nitrogen and oxygen atoms in total. The van der Waals surface area contributed by atoms with Crippen LogP contribution in [0.3, 0.4) is 0 Å². The number of hydrogen-bond donors (Lipinski definition) is 0. The van der Waals surface area contributed by atoms with Crippen LogP contribution in [0.2, 0.25) is 0 Å². The van der Waals surface area contributed by atoms with E-state index in [1.54, 1.807) is 6.08 Å². The zero-order valence-electron chi connectivity index (χ0n) is 9.42. The number of carbonyl (C=O) groups is 1. The number of carbonyl (C=O) groups excluding carboxylic acids is 1. The molecule has 0 heterocycles. The highest BCUT2D eigenvalue weighted by atomic mass is 16.1. The fourth-order valence-electron chi connectivity index (χ4n) is 1.98. The van der Waals surface area contributed by atoms with Gasteiger partial charge in [0.05, 0.1) is 0 Å². The third-order valence-electron chi connectivity index (χ3n) is 2.60. The summed E-state index contributed by atoms with van der Waals surface area (Å²) < 4.78 is 0. The lowest BCUT2D eigenvalue weighted by atomic mass is 9.72. The van der Waals surface area contributed by atoms with Crippen molar-refractivity contribution in [2.24, 2.45) is 5.41 Å². The van der Waals surface area contributed by atoms with Crippen molar-refractivity contribution in [1.29, 1.82) is 0 Å². The zero-order chi connectivity index (χ0) is 10.8. The molecule has 0 aromatic rings. The van der Waals surface area contributed by atoms with Gasteiger partial charge in [-0.3, -0.25) is 4.79 Å². The van der Waals surface area contributed by atoms with Crippen molar-refractivity contribution in [2.45, 2.75) is 34.1 Å². The van der Waals surface area contributed by atoms with Gasteiger partial charge in [0.15, 0.2) is 5.78 Å². The van der Waals surface area contributed by atoms with Crippen LogP contribution in [0.5, 0.6) is 0 Å². The summed E-state index contributed by atoms with van der Waals surface area (Å²) in [6.07, 6.45) is 8.52. The molecule has 0 aromatic carbocycles. The molecule has 0 aromatic heterocycles.